The number of aromatic nitrogens is 1. The van der Waals surface area contributed by atoms with Crippen LogP contribution in [0.3, 0.4) is 0 Å². The van der Waals surface area contributed by atoms with Crippen molar-refractivity contribution in [1.29, 1.82) is 0 Å². The highest BCUT2D eigenvalue weighted by molar-refractivity contribution is 6.31. The van der Waals surface area contributed by atoms with Gasteiger partial charge in [-0.15, -0.1) is 0 Å². The summed E-state index contributed by atoms with van der Waals surface area (Å²) in [6.45, 7) is 10.2. The molecule has 1 N–H and O–H groups in total. The van der Waals surface area contributed by atoms with Crippen molar-refractivity contribution in [2.24, 2.45) is 0 Å². The first-order chi connectivity index (χ1) is 9.81. The molecule has 0 radical (unpaired) electrons. The Morgan fingerprint density at radius 2 is 1.86 bits per heavy atom. The van der Waals surface area contributed by atoms with E-state index >= 15 is 0 Å². The number of carbonyl (C=O) groups excluding carboxylic acids is 1. The number of hydrogen-bond acceptors (Lipinski definition) is 1. The van der Waals surface area contributed by atoms with Gasteiger partial charge in [0, 0.05) is 28.1 Å². The number of rotatable bonds is 3. The molecule has 1 aromatic heterocycles. The lowest BCUT2D eigenvalue weighted by atomic mass is 10.1. The zero-order chi connectivity index (χ0) is 15.7. The van der Waals surface area contributed by atoms with Gasteiger partial charge in [0.1, 0.15) is 0 Å². The zero-order valence-corrected chi connectivity index (χ0v) is 13.9. The van der Waals surface area contributed by atoms with Gasteiger partial charge in [-0.3, -0.25) is 4.79 Å². The highest BCUT2D eigenvalue weighted by Crippen LogP contribution is 2.24. The third-order valence-electron chi connectivity index (χ3n) is 3.69. The molecule has 1 amide bonds. The smallest absolute Gasteiger partial charge is 0.257 e. The van der Waals surface area contributed by atoms with Gasteiger partial charge >= 0.3 is 0 Å². The minimum Gasteiger partial charge on any atom is -0.346 e. The Hall–Kier alpha value is -1.74. The van der Waals surface area contributed by atoms with Crippen LogP contribution in [0, 0.1) is 20.8 Å². The van der Waals surface area contributed by atoms with Crippen LogP contribution in [0.4, 0.5) is 5.69 Å². The van der Waals surface area contributed by atoms with Crippen molar-refractivity contribution in [2.45, 2.75) is 40.7 Å². The molecule has 0 spiro atoms. The number of nitrogens with zero attached hydrogens (tertiary/aromatic N) is 1. The number of carbonyl (C=O) groups is 1. The molecule has 2 aromatic rings. The molecule has 4 heteroatoms. The molecule has 0 saturated heterocycles. The number of nitrogens with one attached hydrogen (secondary N) is 1. The van der Waals surface area contributed by atoms with Crippen molar-refractivity contribution in [3.8, 4) is 0 Å². The summed E-state index contributed by atoms with van der Waals surface area (Å²) in [6.07, 6.45) is 0. The summed E-state index contributed by atoms with van der Waals surface area (Å²) in [7, 11) is 0. The second-order valence-corrected chi connectivity index (χ2v) is 6.10. The monoisotopic (exact) mass is 304 g/mol. The van der Waals surface area contributed by atoms with E-state index in [9.17, 15) is 4.79 Å². The summed E-state index contributed by atoms with van der Waals surface area (Å²) in [5.74, 6) is -0.0969. The minimum absolute atomic E-state index is 0.0969. The highest BCUT2D eigenvalue weighted by atomic mass is 35.5. The molecule has 0 aliphatic rings. The quantitative estimate of drug-likeness (QED) is 0.859. The van der Waals surface area contributed by atoms with Crippen LogP contribution in [-0.4, -0.2) is 10.5 Å². The number of aryl methyl sites for hydroxylation is 2. The average molecular weight is 305 g/mol. The molecular weight excluding hydrogens is 284 g/mol. The normalized spacial score (nSPS) is 11.0. The van der Waals surface area contributed by atoms with Crippen molar-refractivity contribution in [3.63, 3.8) is 0 Å². The van der Waals surface area contributed by atoms with Gasteiger partial charge in [0.2, 0.25) is 0 Å². The van der Waals surface area contributed by atoms with Gasteiger partial charge in [-0.1, -0.05) is 17.7 Å². The molecule has 0 unspecified atom stereocenters. The van der Waals surface area contributed by atoms with E-state index in [0.717, 1.165) is 22.6 Å². The maximum Gasteiger partial charge on any atom is 0.257 e. The first-order valence-electron chi connectivity index (χ1n) is 7.07. The molecule has 0 fully saturated rings. The Balaban J connectivity index is 2.33. The maximum atomic E-state index is 12.5. The van der Waals surface area contributed by atoms with Crippen molar-refractivity contribution >= 4 is 23.2 Å². The number of hydrogen-bond donors (Lipinski definition) is 1. The molecule has 112 valence electrons. The molecule has 0 saturated carbocycles. The lowest BCUT2D eigenvalue weighted by Crippen LogP contribution is -2.14. The van der Waals surface area contributed by atoms with Gasteiger partial charge in [-0.05, 0) is 58.4 Å². The second kappa shape index (κ2) is 5.94. The van der Waals surface area contributed by atoms with E-state index in [1.54, 1.807) is 6.07 Å². The molecule has 0 aliphatic carbocycles. The fourth-order valence-electron chi connectivity index (χ4n) is 2.72. The van der Waals surface area contributed by atoms with E-state index in [1.165, 1.54) is 0 Å². The minimum atomic E-state index is -0.0969. The van der Waals surface area contributed by atoms with Gasteiger partial charge in [-0.25, -0.2) is 0 Å². The Kier molecular flexibility index (Phi) is 4.43. The number of amides is 1. The van der Waals surface area contributed by atoms with Crippen LogP contribution in [0.25, 0.3) is 0 Å². The standard InChI is InChI=1S/C17H21ClN2O/c1-10(2)20-12(4)8-15(13(20)5)17(21)19-16-9-14(18)7-6-11(16)3/h6-10H,1-5H3,(H,19,21). The molecule has 2 rings (SSSR count). The van der Waals surface area contributed by atoms with Crippen LogP contribution in [0.5, 0.6) is 0 Å². The van der Waals surface area contributed by atoms with Crippen LogP contribution in [0.15, 0.2) is 24.3 Å². The van der Waals surface area contributed by atoms with Crippen LogP contribution in [0.1, 0.15) is 47.2 Å². The van der Waals surface area contributed by atoms with Gasteiger partial charge in [0.15, 0.2) is 0 Å². The maximum absolute atomic E-state index is 12.5. The summed E-state index contributed by atoms with van der Waals surface area (Å²) in [5, 5.41) is 3.57. The van der Waals surface area contributed by atoms with E-state index in [2.05, 4.69) is 23.7 Å². The molecule has 21 heavy (non-hydrogen) atoms. The Morgan fingerprint density at radius 3 is 2.43 bits per heavy atom. The number of benzene rings is 1. The van der Waals surface area contributed by atoms with Crippen molar-refractivity contribution < 1.29 is 4.79 Å². The Morgan fingerprint density at radius 1 is 1.19 bits per heavy atom. The van der Waals surface area contributed by atoms with Crippen molar-refractivity contribution in [1.82, 2.24) is 4.57 Å². The van der Waals surface area contributed by atoms with Gasteiger partial charge in [0.25, 0.3) is 5.91 Å². The molecule has 0 bridgehead atoms. The van der Waals surface area contributed by atoms with E-state index in [-0.39, 0.29) is 5.91 Å². The molecular formula is C17H21ClN2O. The van der Waals surface area contributed by atoms with Gasteiger partial charge in [0.05, 0.1) is 5.56 Å². The van der Waals surface area contributed by atoms with Crippen LogP contribution in [-0.2, 0) is 0 Å². The van der Waals surface area contributed by atoms with E-state index < -0.39 is 0 Å². The Labute approximate surface area is 130 Å². The van der Waals surface area contributed by atoms with E-state index in [4.69, 9.17) is 11.6 Å². The van der Waals surface area contributed by atoms with Crippen molar-refractivity contribution in [2.75, 3.05) is 5.32 Å². The highest BCUT2D eigenvalue weighted by Gasteiger charge is 2.17. The molecule has 3 nitrogen and oxygen atoms in total. The predicted octanol–water partition coefficient (Wildman–Crippen LogP) is 4.90. The fourth-order valence-corrected chi connectivity index (χ4v) is 2.89. The van der Waals surface area contributed by atoms with Crippen LogP contribution in [0.2, 0.25) is 5.02 Å². The summed E-state index contributed by atoms with van der Waals surface area (Å²) >= 11 is 5.99. The Bertz CT molecular complexity index is 686. The van der Waals surface area contributed by atoms with Gasteiger partial charge < -0.3 is 9.88 Å². The van der Waals surface area contributed by atoms with Crippen molar-refractivity contribution in [3.05, 3.63) is 51.8 Å². The molecule has 1 heterocycles. The summed E-state index contributed by atoms with van der Waals surface area (Å²) in [4.78, 5) is 12.5. The first-order valence-corrected chi connectivity index (χ1v) is 7.45. The molecule has 0 aliphatic heterocycles. The number of anilines is 1. The molecule has 1 aromatic carbocycles. The first kappa shape index (κ1) is 15.6. The van der Waals surface area contributed by atoms with Crippen LogP contribution < -0.4 is 5.32 Å². The predicted molar refractivity (Wildman–Crippen MR) is 88.4 cm³/mol. The summed E-state index contributed by atoms with van der Waals surface area (Å²) in [5.41, 5.74) is 4.53. The number of halogens is 1. The summed E-state index contributed by atoms with van der Waals surface area (Å²) in [6, 6.07) is 7.76. The van der Waals surface area contributed by atoms with E-state index in [1.807, 2.05) is 39.0 Å². The average Bonchev–Trinajstić information content (AvgIpc) is 2.69. The lowest BCUT2D eigenvalue weighted by molar-refractivity contribution is 0.102. The molecule has 0 atom stereocenters. The van der Waals surface area contributed by atoms with E-state index in [0.29, 0.717) is 16.6 Å². The zero-order valence-electron chi connectivity index (χ0n) is 13.1. The third kappa shape index (κ3) is 3.13. The lowest BCUT2D eigenvalue weighted by Gasteiger charge is -2.14. The van der Waals surface area contributed by atoms with Gasteiger partial charge in [-0.2, -0.15) is 0 Å². The fraction of sp³-hybridized carbons (Fsp3) is 0.353. The summed E-state index contributed by atoms with van der Waals surface area (Å²) < 4.78 is 2.17. The van der Waals surface area contributed by atoms with Crippen LogP contribution >= 0.6 is 11.6 Å². The topological polar surface area (TPSA) is 34.0 Å². The largest absolute Gasteiger partial charge is 0.346 e. The second-order valence-electron chi connectivity index (χ2n) is 5.66. The third-order valence-corrected chi connectivity index (χ3v) is 3.93. The SMILES string of the molecule is Cc1ccc(Cl)cc1NC(=O)c1cc(C)n(C(C)C)c1C.